The van der Waals surface area contributed by atoms with Crippen molar-refractivity contribution >= 4 is 34.3 Å². The second-order valence-corrected chi connectivity index (χ2v) is 12.7. The summed E-state index contributed by atoms with van der Waals surface area (Å²) in [5.74, 6) is 0.644. The normalized spacial score (nSPS) is 16.6. The van der Waals surface area contributed by atoms with Gasteiger partial charge in [-0.2, -0.15) is 0 Å². The van der Waals surface area contributed by atoms with Crippen molar-refractivity contribution in [3.8, 4) is 17.1 Å². The number of hydrogen-bond acceptors (Lipinski definition) is 8. The lowest BCUT2D eigenvalue weighted by molar-refractivity contribution is 0.0322. The summed E-state index contributed by atoms with van der Waals surface area (Å²) in [5.41, 5.74) is 12.5. The second kappa shape index (κ2) is 12.6. The fourth-order valence-electron chi connectivity index (χ4n) is 6.61. The number of nitrogens with one attached hydrogen (secondary N) is 1. The molecule has 5 aromatic rings. The van der Waals surface area contributed by atoms with Crippen molar-refractivity contribution in [3.63, 3.8) is 0 Å². The van der Waals surface area contributed by atoms with E-state index in [0.717, 1.165) is 92.0 Å². The fourth-order valence-corrected chi connectivity index (χ4v) is 7.70. The van der Waals surface area contributed by atoms with Crippen LogP contribution in [0.1, 0.15) is 52.3 Å². The first-order valence-corrected chi connectivity index (χ1v) is 16.5. The Morgan fingerprint density at radius 1 is 1.07 bits per heavy atom. The zero-order valence-electron chi connectivity index (χ0n) is 25.5. The third-order valence-electron chi connectivity index (χ3n) is 9.07. The molecule has 9 nitrogen and oxygen atoms in total. The molecule has 1 saturated carbocycles. The van der Waals surface area contributed by atoms with Crippen molar-refractivity contribution in [2.75, 3.05) is 50.5 Å². The van der Waals surface area contributed by atoms with Gasteiger partial charge in [0.25, 0.3) is 5.91 Å². The van der Waals surface area contributed by atoms with Gasteiger partial charge in [-0.15, -0.1) is 11.3 Å². The molecule has 3 aromatic heterocycles. The van der Waals surface area contributed by atoms with Crippen LogP contribution in [0.25, 0.3) is 17.0 Å². The van der Waals surface area contributed by atoms with Crippen LogP contribution in [0.15, 0.2) is 72.2 Å². The Kier molecular flexibility index (Phi) is 8.27. The molecule has 10 heteroatoms. The highest BCUT2D eigenvalue weighted by Gasteiger charge is 2.40. The molecule has 1 saturated heterocycles. The summed E-state index contributed by atoms with van der Waals surface area (Å²) in [7, 11) is 0. The molecule has 0 atom stereocenters. The largest absolute Gasteiger partial charge is 0.492 e. The number of imidazole rings is 1. The Bertz CT molecular complexity index is 1800. The van der Waals surface area contributed by atoms with Crippen LogP contribution in [0.4, 0.5) is 11.4 Å². The van der Waals surface area contributed by atoms with E-state index in [1.807, 2.05) is 49.5 Å². The lowest BCUT2D eigenvalue weighted by atomic mass is 9.79. The minimum atomic E-state index is -0.176. The number of ether oxygens (including phenoxy) is 2. The van der Waals surface area contributed by atoms with Crippen molar-refractivity contribution in [2.24, 2.45) is 0 Å². The van der Waals surface area contributed by atoms with Crippen molar-refractivity contribution in [1.82, 2.24) is 19.3 Å². The first-order chi connectivity index (χ1) is 22.0. The highest BCUT2D eigenvalue weighted by Crippen LogP contribution is 2.48. The van der Waals surface area contributed by atoms with Gasteiger partial charge in [-0.25, -0.2) is 9.97 Å². The highest BCUT2D eigenvalue weighted by molar-refractivity contribution is 7.10. The number of thiazole rings is 1. The molecule has 2 fully saturated rings. The number of carbonyl (C=O) groups excluding carboxylic acids is 1. The molecule has 2 aliphatic rings. The Morgan fingerprint density at radius 3 is 2.62 bits per heavy atom. The predicted octanol–water partition coefficient (Wildman–Crippen LogP) is 6.17. The van der Waals surface area contributed by atoms with Crippen LogP contribution in [0.5, 0.6) is 5.75 Å². The molecule has 1 aliphatic carbocycles. The number of fused-ring (bicyclic) bond motifs is 1. The first kappa shape index (κ1) is 29.5. The Morgan fingerprint density at radius 2 is 1.84 bits per heavy atom. The minimum Gasteiger partial charge on any atom is -0.492 e. The summed E-state index contributed by atoms with van der Waals surface area (Å²) in [6, 6.07) is 19.3. The lowest BCUT2D eigenvalue weighted by Crippen LogP contribution is -2.38. The standard InChI is InChI=1S/C35H38N6O3S/c1-24-32(41-15-12-27(22-31(41)37-24)44-21-18-40-16-19-43-20-17-40)30-23-45-34(39-30)35(13-4-5-14-35)26-10-8-25(9-11-26)33(42)38-29-7-3-2-6-28(29)36/h2-3,6-12,15,22-23H,4-5,13-14,16-21,36H2,1H3,(H,38,42). The molecule has 0 unspecified atom stereocenters. The number of nitrogens with two attached hydrogens (primary N) is 1. The minimum absolute atomic E-state index is 0.169. The van der Waals surface area contributed by atoms with Crippen LogP contribution in [-0.2, 0) is 10.2 Å². The van der Waals surface area contributed by atoms with Crippen LogP contribution >= 0.6 is 11.3 Å². The topological polar surface area (TPSA) is 107 Å². The number of rotatable bonds is 9. The van der Waals surface area contributed by atoms with Crippen molar-refractivity contribution in [2.45, 2.75) is 38.0 Å². The number of carbonyl (C=O) groups is 1. The number of aromatic nitrogens is 3. The molecule has 0 bridgehead atoms. The van der Waals surface area contributed by atoms with Crippen molar-refractivity contribution in [3.05, 3.63) is 94.1 Å². The summed E-state index contributed by atoms with van der Waals surface area (Å²) >= 11 is 1.71. The van der Waals surface area contributed by atoms with E-state index in [1.165, 1.54) is 5.56 Å². The molecule has 2 aromatic carbocycles. The van der Waals surface area contributed by atoms with Crippen LogP contribution in [0.3, 0.4) is 0 Å². The molecular formula is C35H38N6O3S. The molecule has 45 heavy (non-hydrogen) atoms. The maximum Gasteiger partial charge on any atom is 0.255 e. The Labute approximate surface area is 267 Å². The number of pyridine rings is 1. The number of morpholine rings is 1. The SMILES string of the molecule is Cc1nc2cc(OCCN3CCOCC3)ccn2c1-c1csc(C2(c3ccc(C(=O)Nc4ccccc4N)cc3)CCCC2)n1. The average Bonchev–Trinajstić information content (AvgIpc) is 3.82. The first-order valence-electron chi connectivity index (χ1n) is 15.6. The van der Waals surface area contributed by atoms with Crippen LogP contribution in [0.2, 0.25) is 0 Å². The summed E-state index contributed by atoms with van der Waals surface area (Å²) in [4.78, 5) is 25.5. The number of para-hydroxylation sites is 2. The van der Waals surface area contributed by atoms with Gasteiger partial charge in [-0.05, 0) is 55.7 Å². The molecular weight excluding hydrogens is 584 g/mol. The van der Waals surface area contributed by atoms with Crippen LogP contribution < -0.4 is 15.8 Å². The van der Waals surface area contributed by atoms with E-state index in [2.05, 4.69) is 32.1 Å². The Hall–Kier alpha value is -4.25. The molecule has 1 aliphatic heterocycles. The third-order valence-corrected chi connectivity index (χ3v) is 10.1. The van der Waals surface area contributed by atoms with E-state index in [4.69, 9.17) is 25.2 Å². The number of aryl methyl sites for hydroxylation is 1. The molecule has 4 heterocycles. The van der Waals surface area contributed by atoms with E-state index in [0.29, 0.717) is 23.5 Å². The van der Waals surface area contributed by atoms with Crippen LogP contribution in [-0.4, -0.2) is 64.6 Å². The molecule has 7 rings (SSSR count). The van der Waals surface area contributed by atoms with Gasteiger partial charge in [0.2, 0.25) is 0 Å². The number of benzene rings is 2. The average molecular weight is 623 g/mol. The molecule has 1 amide bonds. The highest BCUT2D eigenvalue weighted by atomic mass is 32.1. The summed E-state index contributed by atoms with van der Waals surface area (Å²) in [6.45, 7) is 7.04. The molecule has 0 radical (unpaired) electrons. The number of anilines is 2. The smallest absolute Gasteiger partial charge is 0.255 e. The summed E-state index contributed by atoms with van der Waals surface area (Å²) < 4.78 is 13.6. The number of nitrogens with zero attached hydrogens (tertiary/aromatic N) is 4. The van der Waals surface area contributed by atoms with Gasteiger partial charge in [-0.1, -0.05) is 37.1 Å². The van der Waals surface area contributed by atoms with Gasteiger partial charge < -0.3 is 20.5 Å². The predicted molar refractivity (Wildman–Crippen MR) is 178 cm³/mol. The van der Waals surface area contributed by atoms with Crippen LogP contribution in [0, 0.1) is 6.92 Å². The molecule has 232 valence electrons. The maximum atomic E-state index is 13.0. The Balaban J connectivity index is 1.10. The second-order valence-electron chi connectivity index (χ2n) is 11.9. The summed E-state index contributed by atoms with van der Waals surface area (Å²) in [6.07, 6.45) is 6.39. The zero-order valence-corrected chi connectivity index (χ0v) is 26.3. The van der Waals surface area contributed by atoms with Gasteiger partial charge in [0.05, 0.1) is 36.0 Å². The van der Waals surface area contributed by atoms with Gasteiger partial charge in [-0.3, -0.25) is 14.1 Å². The maximum absolute atomic E-state index is 13.0. The molecule has 0 spiro atoms. The fraction of sp³-hybridized carbons (Fsp3) is 0.343. The van der Waals surface area contributed by atoms with E-state index in [9.17, 15) is 4.79 Å². The molecule has 3 N–H and O–H groups in total. The van der Waals surface area contributed by atoms with Crippen molar-refractivity contribution < 1.29 is 14.3 Å². The van der Waals surface area contributed by atoms with Gasteiger partial charge >= 0.3 is 0 Å². The quantitative estimate of drug-likeness (QED) is 0.189. The van der Waals surface area contributed by atoms with Crippen molar-refractivity contribution in [1.29, 1.82) is 0 Å². The van der Waals surface area contributed by atoms with E-state index >= 15 is 0 Å². The monoisotopic (exact) mass is 622 g/mol. The van der Waals surface area contributed by atoms with Gasteiger partial charge in [0.15, 0.2) is 0 Å². The summed E-state index contributed by atoms with van der Waals surface area (Å²) in [5, 5.41) is 6.20. The third kappa shape index (κ3) is 5.93. The van der Waals surface area contributed by atoms with E-state index in [-0.39, 0.29) is 11.3 Å². The van der Waals surface area contributed by atoms with E-state index < -0.39 is 0 Å². The number of nitrogen functional groups attached to an aromatic ring is 1. The van der Waals surface area contributed by atoms with Gasteiger partial charge in [0.1, 0.15) is 28.7 Å². The number of amides is 1. The lowest BCUT2D eigenvalue weighted by Gasteiger charge is -2.27. The van der Waals surface area contributed by atoms with E-state index in [1.54, 1.807) is 23.5 Å². The van der Waals surface area contributed by atoms with Gasteiger partial charge in [0, 0.05) is 48.3 Å². The number of hydrogen-bond donors (Lipinski definition) is 2. The zero-order chi connectivity index (χ0) is 30.8.